The smallest absolute Gasteiger partial charge is 0.0552 e. The van der Waals surface area contributed by atoms with E-state index >= 15 is 0 Å². The Labute approximate surface area is 89.7 Å². The van der Waals surface area contributed by atoms with E-state index in [-0.39, 0.29) is 6.10 Å². The molecule has 0 aromatic heterocycles. The van der Waals surface area contributed by atoms with Gasteiger partial charge in [0.15, 0.2) is 0 Å². The summed E-state index contributed by atoms with van der Waals surface area (Å²) >= 11 is 6.17. The highest BCUT2D eigenvalue weighted by atomic mass is 35.5. The summed E-state index contributed by atoms with van der Waals surface area (Å²) in [6, 6.07) is 6.17. The zero-order chi connectivity index (χ0) is 10.1. The van der Waals surface area contributed by atoms with Crippen molar-refractivity contribution >= 4 is 11.6 Å². The van der Waals surface area contributed by atoms with Gasteiger partial charge in [0.25, 0.3) is 0 Å². The molecule has 1 N–H and O–H groups in total. The third-order valence-corrected chi connectivity index (χ3v) is 2.94. The van der Waals surface area contributed by atoms with E-state index in [4.69, 9.17) is 11.6 Å². The lowest BCUT2D eigenvalue weighted by atomic mass is 10.0. The molecule has 1 nitrogen and oxygen atoms in total. The van der Waals surface area contributed by atoms with Crippen molar-refractivity contribution in [2.75, 3.05) is 0 Å². The molecule has 2 heteroatoms. The third kappa shape index (κ3) is 2.28. The van der Waals surface area contributed by atoms with Crippen molar-refractivity contribution in [2.24, 2.45) is 0 Å². The molecule has 0 aliphatic heterocycles. The predicted octanol–water partition coefficient (Wildman–Crippen LogP) is 3.14. The molecule has 0 spiro atoms. The molecule has 1 aliphatic rings. The van der Waals surface area contributed by atoms with Crippen molar-refractivity contribution in [3.8, 4) is 0 Å². The minimum Gasteiger partial charge on any atom is -0.393 e. The van der Waals surface area contributed by atoms with Crippen molar-refractivity contribution in [1.29, 1.82) is 0 Å². The van der Waals surface area contributed by atoms with Crippen molar-refractivity contribution < 1.29 is 5.11 Å². The molecular formula is C12H15ClO. The van der Waals surface area contributed by atoms with Crippen molar-refractivity contribution in [2.45, 2.75) is 38.2 Å². The van der Waals surface area contributed by atoms with Crippen LogP contribution in [-0.4, -0.2) is 11.2 Å². The Hall–Kier alpha value is -0.530. The van der Waals surface area contributed by atoms with Crippen LogP contribution in [0.25, 0.3) is 0 Å². The summed E-state index contributed by atoms with van der Waals surface area (Å²) in [5, 5.41) is 10.1. The Morgan fingerprint density at radius 3 is 2.71 bits per heavy atom. The van der Waals surface area contributed by atoms with Crippen LogP contribution in [0.2, 0.25) is 5.02 Å². The molecular weight excluding hydrogens is 196 g/mol. The highest BCUT2D eigenvalue weighted by Crippen LogP contribution is 2.43. The Morgan fingerprint density at radius 1 is 1.50 bits per heavy atom. The quantitative estimate of drug-likeness (QED) is 0.813. The second-order valence-electron chi connectivity index (χ2n) is 4.18. The minimum atomic E-state index is -0.294. The molecule has 1 aromatic rings. The van der Waals surface area contributed by atoms with Gasteiger partial charge in [-0.3, -0.25) is 0 Å². The van der Waals surface area contributed by atoms with Crippen LogP contribution in [0.4, 0.5) is 0 Å². The monoisotopic (exact) mass is 210 g/mol. The molecule has 1 fully saturated rings. The van der Waals surface area contributed by atoms with Gasteiger partial charge in [-0.15, -0.1) is 0 Å². The van der Waals surface area contributed by atoms with Gasteiger partial charge >= 0.3 is 0 Å². The van der Waals surface area contributed by atoms with Crippen LogP contribution in [0.15, 0.2) is 18.2 Å². The lowest BCUT2D eigenvalue weighted by molar-refractivity contribution is 0.195. The van der Waals surface area contributed by atoms with Crippen molar-refractivity contribution in [3.63, 3.8) is 0 Å². The average Bonchev–Trinajstić information content (AvgIpc) is 2.86. The molecule has 14 heavy (non-hydrogen) atoms. The lowest BCUT2D eigenvalue weighted by Gasteiger charge is -2.07. The second-order valence-corrected chi connectivity index (χ2v) is 4.59. The van der Waals surface area contributed by atoms with Gasteiger partial charge in [0.05, 0.1) is 6.10 Å². The Morgan fingerprint density at radius 2 is 2.21 bits per heavy atom. The maximum absolute atomic E-state index is 9.24. The van der Waals surface area contributed by atoms with E-state index in [2.05, 4.69) is 12.1 Å². The van der Waals surface area contributed by atoms with E-state index in [1.807, 2.05) is 6.07 Å². The molecule has 1 atom stereocenters. The standard InChI is InChI=1S/C12H15ClO/c1-8(14)6-9-2-5-11(10-3-4-10)12(13)7-9/h2,5,7-8,10,14H,3-4,6H2,1H3. The maximum atomic E-state index is 9.24. The van der Waals surface area contributed by atoms with E-state index in [1.54, 1.807) is 6.92 Å². The third-order valence-electron chi connectivity index (χ3n) is 2.61. The van der Waals surface area contributed by atoms with Gasteiger partial charge in [0.2, 0.25) is 0 Å². The first-order chi connectivity index (χ1) is 6.66. The van der Waals surface area contributed by atoms with E-state index in [9.17, 15) is 5.11 Å². The summed E-state index contributed by atoms with van der Waals surface area (Å²) in [6.45, 7) is 1.79. The Bertz CT molecular complexity index is 329. The normalized spacial score (nSPS) is 18.2. The van der Waals surface area contributed by atoms with E-state index in [0.717, 1.165) is 10.6 Å². The molecule has 1 saturated carbocycles. The molecule has 1 aliphatic carbocycles. The Balaban J connectivity index is 2.17. The number of aliphatic hydroxyl groups is 1. The summed E-state index contributed by atoms with van der Waals surface area (Å²) in [5.74, 6) is 0.697. The molecule has 0 saturated heterocycles. The highest BCUT2D eigenvalue weighted by Gasteiger charge is 2.25. The highest BCUT2D eigenvalue weighted by molar-refractivity contribution is 6.31. The van der Waals surface area contributed by atoms with Crippen LogP contribution in [0, 0.1) is 0 Å². The van der Waals surface area contributed by atoms with Crippen LogP contribution in [0.1, 0.15) is 36.8 Å². The lowest BCUT2D eigenvalue weighted by Crippen LogP contribution is -2.04. The molecule has 0 radical (unpaired) electrons. The van der Waals surface area contributed by atoms with E-state index in [0.29, 0.717) is 12.3 Å². The van der Waals surface area contributed by atoms with E-state index < -0.39 is 0 Å². The van der Waals surface area contributed by atoms with Crippen LogP contribution in [0.5, 0.6) is 0 Å². The first-order valence-electron chi connectivity index (χ1n) is 5.13. The topological polar surface area (TPSA) is 20.2 Å². The molecule has 0 amide bonds. The summed E-state index contributed by atoms with van der Waals surface area (Å²) in [5.41, 5.74) is 2.40. The summed E-state index contributed by atoms with van der Waals surface area (Å²) in [4.78, 5) is 0. The minimum absolute atomic E-state index is 0.294. The van der Waals surface area contributed by atoms with Crippen LogP contribution < -0.4 is 0 Å². The number of hydrogen-bond acceptors (Lipinski definition) is 1. The SMILES string of the molecule is CC(O)Cc1ccc(C2CC2)c(Cl)c1. The van der Waals surface area contributed by atoms with Gasteiger partial charge in [0.1, 0.15) is 0 Å². The summed E-state index contributed by atoms with van der Waals surface area (Å²) in [7, 11) is 0. The zero-order valence-corrected chi connectivity index (χ0v) is 9.09. The second kappa shape index (κ2) is 3.92. The van der Waals surface area contributed by atoms with Gasteiger partial charge in [-0.25, -0.2) is 0 Å². The van der Waals surface area contributed by atoms with Crippen LogP contribution in [-0.2, 0) is 6.42 Å². The number of hydrogen-bond donors (Lipinski definition) is 1. The predicted molar refractivity (Wildman–Crippen MR) is 58.8 cm³/mol. The van der Waals surface area contributed by atoms with Crippen LogP contribution in [0.3, 0.4) is 0 Å². The first-order valence-corrected chi connectivity index (χ1v) is 5.51. The van der Waals surface area contributed by atoms with Gasteiger partial charge in [0, 0.05) is 5.02 Å². The van der Waals surface area contributed by atoms with Gasteiger partial charge in [-0.1, -0.05) is 23.7 Å². The largest absolute Gasteiger partial charge is 0.393 e. The summed E-state index contributed by atoms with van der Waals surface area (Å²) < 4.78 is 0. The molecule has 1 aromatic carbocycles. The van der Waals surface area contributed by atoms with E-state index in [1.165, 1.54) is 18.4 Å². The molecule has 0 bridgehead atoms. The molecule has 2 rings (SSSR count). The average molecular weight is 211 g/mol. The fraction of sp³-hybridized carbons (Fsp3) is 0.500. The number of halogens is 1. The molecule has 1 unspecified atom stereocenters. The van der Waals surface area contributed by atoms with Gasteiger partial charge in [-0.05, 0) is 49.3 Å². The summed E-state index contributed by atoms with van der Waals surface area (Å²) in [6.07, 6.45) is 2.94. The van der Waals surface area contributed by atoms with Crippen molar-refractivity contribution in [3.05, 3.63) is 34.3 Å². The number of rotatable bonds is 3. The van der Waals surface area contributed by atoms with Gasteiger partial charge in [-0.2, -0.15) is 0 Å². The number of aliphatic hydroxyl groups excluding tert-OH is 1. The first kappa shape index (κ1) is 10.0. The maximum Gasteiger partial charge on any atom is 0.0552 e. The fourth-order valence-corrected chi connectivity index (χ4v) is 2.12. The zero-order valence-electron chi connectivity index (χ0n) is 8.33. The Kier molecular flexibility index (Phi) is 2.80. The van der Waals surface area contributed by atoms with Crippen LogP contribution >= 0.6 is 11.6 Å². The molecule has 0 heterocycles. The number of benzene rings is 1. The molecule has 76 valence electrons. The fourth-order valence-electron chi connectivity index (χ4n) is 1.76. The van der Waals surface area contributed by atoms with Gasteiger partial charge < -0.3 is 5.11 Å². The van der Waals surface area contributed by atoms with Crippen molar-refractivity contribution in [1.82, 2.24) is 0 Å².